The van der Waals surface area contributed by atoms with Crippen molar-refractivity contribution in [3.05, 3.63) is 82.3 Å². The lowest BCUT2D eigenvalue weighted by Gasteiger charge is -2.20. The number of nitrogens with zero attached hydrogens (tertiary/aromatic N) is 2. The fraction of sp³-hybridized carbons (Fsp3) is 0.192. The van der Waals surface area contributed by atoms with E-state index in [1.807, 2.05) is 32.9 Å². The van der Waals surface area contributed by atoms with Crippen LogP contribution in [0.3, 0.4) is 0 Å². The molecule has 1 saturated heterocycles. The third-order valence-electron chi connectivity index (χ3n) is 5.95. The van der Waals surface area contributed by atoms with E-state index in [0.29, 0.717) is 22.2 Å². The van der Waals surface area contributed by atoms with Crippen LogP contribution >= 0.6 is 11.3 Å². The zero-order valence-electron chi connectivity index (χ0n) is 19.1. The normalized spacial score (nSPS) is 17.6. The molecule has 1 unspecified atom stereocenters. The topological polar surface area (TPSA) is 92.9 Å². The Balaban J connectivity index is 1.71. The second-order valence-electron chi connectivity index (χ2n) is 8.29. The van der Waals surface area contributed by atoms with E-state index in [-0.39, 0.29) is 11.3 Å². The molecule has 0 bridgehead atoms. The minimum absolute atomic E-state index is 0.0447. The number of hydrogen-bond donors (Lipinski definition) is 1. The summed E-state index contributed by atoms with van der Waals surface area (Å²) >= 11 is 1.33. The monoisotopic (exact) mass is 474 g/mol. The number of methoxy groups -OCH3 is 1. The van der Waals surface area contributed by atoms with Crippen LogP contribution in [0.4, 0.5) is 5.13 Å². The fourth-order valence-electron chi connectivity index (χ4n) is 4.39. The highest BCUT2D eigenvalue weighted by Crippen LogP contribution is 2.45. The number of carbonyl (C=O) groups excluding carboxylic acids is 2. The molecule has 2 aromatic carbocycles. The number of benzene rings is 2. The molecular weight excluding hydrogens is 452 g/mol. The molecule has 1 aliphatic rings. The molecule has 1 atom stereocenters. The molecule has 172 valence electrons. The minimum atomic E-state index is -0.945. The Morgan fingerprint density at radius 2 is 1.91 bits per heavy atom. The van der Waals surface area contributed by atoms with E-state index in [2.05, 4.69) is 0 Å². The summed E-state index contributed by atoms with van der Waals surface area (Å²) in [6.07, 6.45) is 1.47. The number of aliphatic hydroxyl groups excluding tert-OH is 1. The van der Waals surface area contributed by atoms with Gasteiger partial charge in [0, 0.05) is 5.56 Å². The van der Waals surface area contributed by atoms with Crippen LogP contribution in [0.2, 0.25) is 0 Å². The number of ether oxygens (including phenoxy) is 1. The van der Waals surface area contributed by atoms with Crippen LogP contribution in [0.15, 0.2) is 58.7 Å². The summed E-state index contributed by atoms with van der Waals surface area (Å²) in [7, 11) is 1.56. The maximum atomic E-state index is 13.3. The van der Waals surface area contributed by atoms with Crippen molar-refractivity contribution in [1.29, 1.82) is 0 Å². The summed E-state index contributed by atoms with van der Waals surface area (Å²) in [6.45, 7) is 5.80. The van der Waals surface area contributed by atoms with Crippen molar-refractivity contribution in [3.63, 3.8) is 0 Å². The van der Waals surface area contributed by atoms with Crippen LogP contribution in [0.5, 0.6) is 5.75 Å². The summed E-state index contributed by atoms with van der Waals surface area (Å²) in [5.74, 6) is -0.819. The number of amides is 1. The summed E-state index contributed by atoms with van der Waals surface area (Å²) in [5.41, 5.74) is 3.99. The molecule has 34 heavy (non-hydrogen) atoms. The molecule has 0 saturated carbocycles. The summed E-state index contributed by atoms with van der Waals surface area (Å²) in [6, 6.07) is 11.5. The Labute approximate surface area is 199 Å². The van der Waals surface area contributed by atoms with Gasteiger partial charge in [0.2, 0.25) is 0 Å². The number of anilines is 1. The van der Waals surface area contributed by atoms with Crippen molar-refractivity contribution in [2.24, 2.45) is 0 Å². The quantitative estimate of drug-likeness (QED) is 0.240. The largest absolute Gasteiger partial charge is 0.507 e. The second-order valence-corrected chi connectivity index (χ2v) is 9.30. The Morgan fingerprint density at radius 3 is 2.59 bits per heavy atom. The highest BCUT2D eigenvalue weighted by Gasteiger charge is 2.49. The molecule has 0 radical (unpaired) electrons. The SMILES string of the molecule is COc1ccc(/C(O)=C2\C(=O)C(=O)N(c3nc4c(C)cc(C)cc4s3)C2c2ccco2)cc1C. The first-order valence-electron chi connectivity index (χ1n) is 10.7. The average Bonchev–Trinajstić information content (AvgIpc) is 3.52. The highest BCUT2D eigenvalue weighted by atomic mass is 32.1. The van der Waals surface area contributed by atoms with Crippen molar-refractivity contribution in [2.75, 3.05) is 12.0 Å². The minimum Gasteiger partial charge on any atom is -0.507 e. The first-order valence-corrected chi connectivity index (χ1v) is 11.5. The van der Waals surface area contributed by atoms with Crippen LogP contribution in [0, 0.1) is 20.8 Å². The van der Waals surface area contributed by atoms with Gasteiger partial charge in [-0.05, 0) is 73.9 Å². The molecule has 5 rings (SSSR count). The van der Waals surface area contributed by atoms with Gasteiger partial charge < -0.3 is 14.3 Å². The Morgan fingerprint density at radius 1 is 1.12 bits per heavy atom. The van der Waals surface area contributed by atoms with Crippen LogP contribution in [0.1, 0.15) is 34.1 Å². The standard InChI is InChI=1S/C26H22N2O5S/c1-13-10-15(3)21-19(11-13)34-26(27-21)28-22(18-6-5-9-33-18)20(24(30)25(28)31)23(29)16-7-8-17(32-4)14(2)12-16/h5-12,22,29H,1-4H3/b23-20+. The van der Waals surface area contributed by atoms with Gasteiger partial charge in [0.05, 0.1) is 29.2 Å². The van der Waals surface area contributed by atoms with E-state index in [1.165, 1.54) is 22.5 Å². The third-order valence-corrected chi connectivity index (χ3v) is 6.95. The van der Waals surface area contributed by atoms with Crippen LogP contribution in [0.25, 0.3) is 16.0 Å². The molecule has 0 spiro atoms. The van der Waals surface area contributed by atoms with E-state index in [0.717, 1.165) is 26.9 Å². The van der Waals surface area contributed by atoms with E-state index in [1.54, 1.807) is 37.4 Å². The first-order chi connectivity index (χ1) is 16.3. The van der Waals surface area contributed by atoms with Gasteiger partial charge in [-0.1, -0.05) is 17.4 Å². The van der Waals surface area contributed by atoms with Gasteiger partial charge in [0.15, 0.2) is 5.13 Å². The number of aryl methyl sites for hydroxylation is 3. The number of aromatic nitrogens is 1. The van der Waals surface area contributed by atoms with E-state index >= 15 is 0 Å². The number of furan rings is 1. The van der Waals surface area contributed by atoms with Gasteiger partial charge in [-0.2, -0.15) is 0 Å². The van der Waals surface area contributed by atoms with Gasteiger partial charge >= 0.3 is 5.91 Å². The molecule has 4 aromatic rings. The molecule has 1 amide bonds. The molecule has 1 fully saturated rings. The van der Waals surface area contributed by atoms with Gasteiger partial charge in [-0.3, -0.25) is 14.5 Å². The van der Waals surface area contributed by atoms with Crippen molar-refractivity contribution < 1.29 is 23.8 Å². The zero-order valence-corrected chi connectivity index (χ0v) is 19.9. The van der Waals surface area contributed by atoms with Gasteiger partial charge in [-0.15, -0.1) is 0 Å². The average molecular weight is 475 g/mol. The smallest absolute Gasteiger partial charge is 0.302 e. The van der Waals surface area contributed by atoms with Gasteiger partial charge in [0.1, 0.15) is 23.3 Å². The second kappa shape index (κ2) is 8.14. The van der Waals surface area contributed by atoms with Crippen molar-refractivity contribution >= 4 is 44.1 Å². The number of fused-ring (bicyclic) bond motifs is 1. The molecule has 1 aliphatic heterocycles. The van der Waals surface area contributed by atoms with E-state index < -0.39 is 17.7 Å². The van der Waals surface area contributed by atoms with E-state index in [4.69, 9.17) is 14.1 Å². The lowest BCUT2D eigenvalue weighted by Crippen LogP contribution is -2.29. The van der Waals surface area contributed by atoms with Crippen LogP contribution in [-0.4, -0.2) is 28.9 Å². The molecule has 1 N–H and O–H groups in total. The number of ketones is 1. The maximum Gasteiger partial charge on any atom is 0.302 e. The summed E-state index contributed by atoms with van der Waals surface area (Å²) in [5, 5.41) is 11.6. The number of aliphatic hydroxyl groups is 1. The highest BCUT2D eigenvalue weighted by molar-refractivity contribution is 7.22. The number of thiazole rings is 1. The lowest BCUT2D eigenvalue weighted by molar-refractivity contribution is -0.132. The first kappa shape index (κ1) is 21.9. The van der Waals surface area contributed by atoms with E-state index in [9.17, 15) is 14.7 Å². The predicted octanol–water partition coefficient (Wildman–Crippen LogP) is 5.45. The Hall–Kier alpha value is -3.91. The molecule has 0 aliphatic carbocycles. The van der Waals surface area contributed by atoms with Crippen molar-refractivity contribution in [3.8, 4) is 5.75 Å². The molecular formula is C26H22N2O5S. The zero-order chi connectivity index (χ0) is 24.1. The number of carbonyl (C=O) groups is 2. The van der Waals surface area contributed by atoms with Crippen molar-refractivity contribution in [2.45, 2.75) is 26.8 Å². The van der Waals surface area contributed by atoms with Crippen molar-refractivity contribution in [1.82, 2.24) is 4.98 Å². The third kappa shape index (κ3) is 3.38. The summed E-state index contributed by atoms with van der Waals surface area (Å²) in [4.78, 5) is 32.6. The molecule has 3 heterocycles. The lowest BCUT2D eigenvalue weighted by atomic mass is 9.98. The number of rotatable bonds is 4. The predicted molar refractivity (Wildman–Crippen MR) is 130 cm³/mol. The number of Topliss-reactive ketones (excluding diaryl/α,β-unsaturated/α-hetero) is 1. The number of hydrogen-bond acceptors (Lipinski definition) is 7. The van der Waals surface area contributed by atoms with Gasteiger partial charge in [-0.25, -0.2) is 4.98 Å². The Kier molecular flexibility index (Phi) is 5.25. The molecule has 8 heteroatoms. The van der Waals surface area contributed by atoms with Crippen LogP contribution in [-0.2, 0) is 9.59 Å². The molecule has 7 nitrogen and oxygen atoms in total. The molecule has 2 aromatic heterocycles. The Bertz CT molecular complexity index is 1480. The maximum absolute atomic E-state index is 13.3. The van der Waals surface area contributed by atoms with Crippen LogP contribution < -0.4 is 9.64 Å². The fourth-order valence-corrected chi connectivity index (χ4v) is 5.56. The summed E-state index contributed by atoms with van der Waals surface area (Å²) < 4.78 is 11.8. The van der Waals surface area contributed by atoms with Gasteiger partial charge in [0.25, 0.3) is 5.78 Å².